The molecule has 0 saturated carbocycles. The lowest BCUT2D eigenvalue weighted by atomic mass is 9.93. The molecule has 0 unspecified atom stereocenters. The number of carbonyl (C=O) groups is 1. The molecule has 0 N–H and O–H groups in total. The van der Waals surface area contributed by atoms with Crippen molar-refractivity contribution in [3.8, 4) is 11.5 Å². The molecule has 3 aromatic rings. The molecule has 0 spiro atoms. The summed E-state index contributed by atoms with van der Waals surface area (Å²) in [4.78, 5) is 27.2. The highest BCUT2D eigenvalue weighted by molar-refractivity contribution is 7.13. The van der Waals surface area contributed by atoms with Crippen LogP contribution in [0.3, 0.4) is 0 Å². The molecule has 1 saturated heterocycles. The molecule has 5 rings (SSSR count). The molecule has 0 aliphatic carbocycles. The van der Waals surface area contributed by atoms with Crippen LogP contribution < -0.4 is 15.0 Å². The van der Waals surface area contributed by atoms with E-state index in [0.717, 1.165) is 49.0 Å². The van der Waals surface area contributed by atoms with Crippen molar-refractivity contribution in [1.29, 1.82) is 0 Å². The molecule has 2 aromatic carbocycles. The van der Waals surface area contributed by atoms with Gasteiger partial charge < -0.3 is 14.4 Å². The average Bonchev–Trinajstić information content (AvgIpc) is 3.36. The molecule has 150 valence electrons. The van der Waals surface area contributed by atoms with E-state index in [1.165, 1.54) is 0 Å². The second kappa shape index (κ2) is 7.55. The molecular formula is C22H22N2O4S. The van der Waals surface area contributed by atoms with Gasteiger partial charge in [0.25, 0.3) is 11.5 Å². The quantitative estimate of drug-likeness (QED) is 0.658. The number of hydrogen-bond acceptors (Lipinski definition) is 5. The first kappa shape index (κ1) is 18.2. The molecule has 6 nitrogen and oxygen atoms in total. The number of carbonyl (C=O) groups excluding carboxylic acids is 1. The Hall–Kier alpha value is -2.80. The molecule has 2 aliphatic rings. The Bertz CT molecular complexity index is 1110. The van der Waals surface area contributed by atoms with Crippen molar-refractivity contribution >= 4 is 27.5 Å². The Morgan fingerprint density at radius 3 is 2.69 bits per heavy atom. The summed E-state index contributed by atoms with van der Waals surface area (Å²) in [6.07, 6.45) is 2.91. The van der Waals surface area contributed by atoms with Crippen molar-refractivity contribution in [2.75, 3.05) is 19.9 Å². The van der Waals surface area contributed by atoms with Gasteiger partial charge in [0.1, 0.15) is 0 Å². The maximum atomic E-state index is 12.8. The molecular weight excluding hydrogens is 388 g/mol. The van der Waals surface area contributed by atoms with Gasteiger partial charge in [-0.05, 0) is 55.5 Å². The van der Waals surface area contributed by atoms with E-state index in [2.05, 4.69) is 0 Å². The van der Waals surface area contributed by atoms with Gasteiger partial charge in [-0.1, -0.05) is 23.7 Å². The van der Waals surface area contributed by atoms with Gasteiger partial charge in [-0.2, -0.15) is 0 Å². The topological polar surface area (TPSA) is 60.8 Å². The van der Waals surface area contributed by atoms with Gasteiger partial charge in [-0.3, -0.25) is 13.5 Å². The Balaban J connectivity index is 1.18. The third-order valence-electron chi connectivity index (χ3n) is 5.81. The summed E-state index contributed by atoms with van der Waals surface area (Å²) >= 11 is 1.54. The van der Waals surface area contributed by atoms with Crippen LogP contribution in [0, 0.1) is 5.92 Å². The Kier molecular flexibility index (Phi) is 4.75. The van der Waals surface area contributed by atoms with E-state index in [1.807, 2.05) is 33.1 Å². The molecule has 0 atom stereocenters. The summed E-state index contributed by atoms with van der Waals surface area (Å²) in [5.74, 6) is 1.91. The molecule has 29 heavy (non-hydrogen) atoms. The number of benzene rings is 2. The Morgan fingerprint density at radius 2 is 1.86 bits per heavy atom. The molecule has 1 amide bonds. The first-order chi connectivity index (χ1) is 14.2. The van der Waals surface area contributed by atoms with E-state index in [-0.39, 0.29) is 18.3 Å². The third-order valence-corrected chi connectivity index (χ3v) is 6.94. The van der Waals surface area contributed by atoms with Gasteiger partial charge in [0.2, 0.25) is 6.79 Å². The second-order valence-electron chi connectivity index (χ2n) is 7.59. The number of aromatic nitrogens is 1. The first-order valence-corrected chi connectivity index (χ1v) is 10.7. The zero-order valence-electron chi connectivity index (χ0n) is 16.0. The normalized spacial score (nSPS) is 16.5. The van der Waals surface area contributed by atoms with E-state index in [4.69, 9.17) is 9.47 Å². The summed E-state index contributed by atoms with van der Waals surface area (Å²) < 4.78 is 13.6. The second-order valence-corrected chi connectivity index (χ2v) is 8.65. The van der Waals surface area contributed by atoms with E-state index in [0.29, 0.717) is 23.0 Å². The lowest BCUT2D eigenvalue weighted by Crippen LogP contribution is -2.38. The highest BCUT2D eigenvalue weighted by Crippen LogP contribution is 2.33. The number of piperidine rings is 1. The van der Waals surface area contributed by atoms with E-state index in [1.54, 1.807) is 29.7 Å². The monoisotopic (exact) mass is 410 g/mol. The van der Waals surface area contributed by atoms with Crippen LogP contribution in [0.4, 0.5) is 0 Å². The maximum Gasteiger partial charge on any atom is 0.268 e. The predicted octanol–water partition coefficient (Wildman–Crippen LogP) is 3.73. The Labute approximate surface area is 172 Å². The van der Waals surface area contributed by atoms with Crippen molar-refractivity contribution in [1.82, 2.24) is 8.86 Å². The van der Waals surface area contributed by atoms with Gasteiger partial charge in [0, 0.05) is 25.2 Å². The number of rotatable bonds is 4. The van der Waals surface area contributed by atoms with Gasteiger partial charge in [-0.15, -0.1) is 0 Å². The number of likely N-dealkylation sites (tertiary alicyclic amines) is 1. The third kappa shape index (κ3) is 3.51. The van der Waals surface area contributed by atoms with Crippen molar-refractivity contribution in [2.45, 2.75) is 25.8 Å². The zero-order chi connectivity index (χ0) is 19.8. The molecule has 1 aromatic heterocycles. The number of fused-ring (bicyclic) bond motifs is 2. The summed E-state index contributed by atoms with van der Waals surface area (Å²) in [5.41, 5.74) is 0.755. The summed E-state index contributed by atoms with van der Waals surface area (Å²) in [6, 6.07) is 13.1. The van der Waals surface area contributed by atoms with Gasteiger partial charge in [0.05, 0.1) is 10.1 Å². The van der Waals surface area contributed by atoms with Gasteiger partial charge in [-0.25, -0.2) is 0 Å². The fourth-order valence-corrected chi connectivity index (χ4v) is 5.11. The fraction of sp³-hybridized carbons (Fsp3) is 0.364. The highest BCUT2D eigenvalue weighted by Gasteiger charge is 2.25. The summed E-state index contributed by atoms with van der Waals surface area (Å²) in [5, 5.41) is 0.807. The van der Waals surface area contributed by atoms with Crippen LogP contribution >= 0.6 is 11.5 Å². The molecule has 3 heterocycles. The lowest BCUT2D eigenvalue weighted by Gasteiger charge is -2.32. The smallest absolute Gasteiger partial charge is 0.268 e. The van der Waals surface area contributed by atoms with Crippen LogP contribution in [0.1, 0.15) is 29.6 Å². The minimum absolute atomic E-state index is 0.0440. The zero-order valence-corrected chi connectivity index (χ0v) is 16.8. The van der Waals surface area contributed by atoms with E-state index in [9.17, 15) is 9.59 Å². The van der Waals surface area contributed by atoms with E-state index < -0.39 is 0 Å². The van der Waals surface area contributed by atoms with Crippen LogP contribution in [0.15, 0.2) is 47.3 Å². The maximum absolute atomic E-state index is 12.8. The fourth-order valence-electron chi connectivity index (χ4n) is 4.10. The Morgan fingerprint density at radius 1 is 1.07 bits per heavy atom. The highest BCUT2D eigenvalue weighted by atomic mass is 32.1. The number of nitrogens with zero attached hydrogens (tertiary/aromatic N) is 2. The number of ether oxygens (including phenoxy) is 2. The molecule has 7 heteroatoms. The van der Waals surface area contributed by atoms with Crippen molar-refractivity contribution in [2.24, 2.45) is 5.92 Å². The average molecular weight is 410 g/mol. The van der Waals surface area contributed by atoms with Gasteiger partial charge in [0.15, 0.2) is 11.5 Å². The van der Waals surface area contributed by atoms with E-state index >= 15 is 0 Å². The van der Waals surface area contributed by atoms with Crippen LogP contribution in [0.2, 0.25) is 0 Å². The lowest BCUT2D eigenvalue weighted by molar-refractivity contribution is 0.0685. The van der Waals surface area contributed by atoms with Crippen LogP contribution in [-0.2, 0) is 6.54 Å². The molecule has 2 aliphatic heterocycles. The van der Waals surface area contributed by atoms with Crippen LogP contribution in [0.25, 0.3) is 10.1 Å². The first-order valence-electron chi connectivity index (χ1n) is 9.97. The van der Waals surface area contributed by atoms with Crippen molar-refractivity contribution in [3.05, 3.63) is 58.4 Å². The summed E-state index contributed by atoms with van der Waals surface area (Å²) in [7, 11) is 0. The van der Waals surface area contributed by atoms with Crippen molar-refractivity contribution in [3.63, 3.8) is 0 Å². The predicted molar refractivity (Wildman–Crippen MR) is 112 cm³/mol. The van der Waals surface area contributed by atoms with Crippen molar-refractivity contribution < 1.29 is 14.3 Å². The molecule has 0 bridgehead atoms. The SMILES string of the molecule is O=C(c1ccc2c(c1)OCO2)N1CCC(CCn2sc3ccccc3c2=O)CC1. The molecule has 1 fully saturated rings. The van der Waals surface area contributed by atoms with Crippen LogP contribution in [-0.4, -0.2) is 34.6 Å². The number of hydrogen-bond donors (Lipinski definition) is 0. The van der Waals surface area contributed by atoms with Crippen LogP contribution in [0.5, 0.6) is 11.5 Å². The van der Waals surface area contributed by atoms with Gasteiger partial charge >= 0.3 is 0 Å². The minimum Gasteiger partial charge on any atom is -0.454 e. The molecule has 0 radical (unpaired) electrons. The number of amides is 1. The standard InChI is InChI=1S/C22H22N2O4S/c25-21(16-5-6-18-19(13-16)28-14-27-18)23-10-7-15(8-11-23)9-12-24-22(26)17-3-1-2-4-20(17)29-24/h1-6,13,15H,7-12,14H2. The summed E-state index contributed by atoms with van der Waals surface area (Å²) in [6.45, 7) is 2.46. The largest absolute Gasteiger partial charge is 0.454 e. The number of aryl methyl sites for hydroxylation is 1. The minimum atomic E-state index is 0.0440.